The predicted octanol–water partition coefficient (Wildman–Crippen LogP) is 5.05. The Labute approximate surface area is 176 Å². The number of fused-ring (bicyclic) bond motifs is 1. The van der Waals surface area contributed by atoms with Gasteiger partial charge in [0.25, 0.3) is 0 Å². The van der Waals surface area contributed by atoms with Crippen LogP contribution in [-0.2, 0) is 11.2 Å². The Morgan fingerprint density at radius 1 is 1.10 bits per heavy atom. The van der Waals surface area contributed by atoms with Crippen molar-refractivity contribution in [1.82, 2.24) is 9.97 Å². The Bertz CT molecular complexity index is 841. The molecule has 3 rings (SSSR count). The summed E-state index contributed by atoms with van der Waals surface area (Å²) in [6.07, 6.45) is 3.40. The van der Waals surface area contributed by atoms with Gasteiger partial charge in [-0.15, -0.1) is 0 Å². The summed E-state index contributed by atoms with van der Waals surface area (Å²) in [7, 11) is 1.77. The third kappa shape index (κ3) is 4.40. The standard InChI is InChI=1S/C24H36N4O/c1-8-27(22-17(3)13-16(2)14-18(22)4)24-25-20(6)21-11-9-10-12-28(23(21)26-24)19(5)15-29-7/h13-14,19H,8-12,15H2,1-7H3. The van der Waals surface area contributed by atoms with Crippen molar-refractivity contribution in [3.63, 3.8) is 0 Å². The largest absolute Gasteiger partial charge is 0.383 e. The molecule has 1 unspecified atom stereocenters. The third-order valence-electron chi connectivity index (χ3n) is 5.93. The van der Waals surface area contributed by atoms with Gasteiger partial charge in [0.2, 0.25) is 5.95 Å². The molecule has 0 N–H and O–H groups in total. The Balaban J connectivity index is 2.12. The van der Waals surface area contributed by atoms with Crippen LogP contribution in [-0.4, -0.2) is 42.8 Å². The molecule has 2 aromatic rings. The van der Waals surface area contributed by atoms with Gasteiger partial charge >= 0.3 is 0 Å². The summed E-state index contributed by atoms with van der Waals surface area (Å²) in [5.41, 5.74) is 7.45. The van der Waals surface area contributed by atoms with Gasteiger partial charge in [-0.2, -0.15) is 4.98 Å². The van der Waals surface area contributed by atoms with E-state index in [1.807, 2.05) is 0 Å². The maximum absolute atomic E-state index is 5.46. The maximum atomic E-state index is 5.46. The maximum Gasteiger partial charge on any atom is 0.232 e. The monoisotopic (exact) mass is 396 g/mol. The number of benzene rings is 1. The van der Waals surface area contributed by atoms with Crippen LogP contribution >= 0.6 is 0 Å². The molecule has 158 valence electrons. The molecule has 1 aliphatic heterocycles. The number of hydrogen-bond donors (Lipinski definition) is 0. The van der Waals surface area contributed by atoms with Crippen molar-refractivity contribution >= 4 is 17.5 Å². The number of methoxy groups -OCH3 is 1. The molecule has 0 radical (unpaired) electrons. The van der Waals surface area contributed by atoms with Crippen molar-refractivity contribution in [1.29, 1.82) is 0 Å². The highest BCUT2D eigenvalue weighted by atomic mass is 16.5. The summed E-state index contributed by atoms with van der Waals surface area (Å²) in [4.78, 5) is 14.8. The molecular weight excluding hydrogens is 360 g/mol. The summed E-state index contributed by atoms with van der Waals surface area (Å²) in [6, 6.07) is 4.78. The van der Waals surface area contributed by atoms with Crippen molar-refractivity contribution in [2.75, 3.05) is 36.6 Å². The average molecular weight is 397 g/mol. The van der Waals surface area contributed by atoms with Crippen LogP contribution < -0.4 is 9.80 Å². The highest BCUT2D eigenvalue weighted by Gasteiger charge is 2.26. The Hall–Kier alpha value is -2.14. The van der Waals surface area contributed by atoms with Crippen molar-refractivity contribution < 1.29 is 4.74 Å². The van der Waals surface area contributed by atoms with Crippen LogP contribution in [0.2, 0.25) is 0 Å². The van der Waals surface area contributed by atoms with Gasteiger partial charge in [-0.05, 0) is 71.9 Å². The topological polar surface area (TPSA) is 41.5 Å². The molecule has 0 amide bonds. The van der Waals surface area contributed by atoms with Gasteiger partial charge in [0, 0.05) is 37.1 Å². The van der Waals surface area contributed by atoms with Crippen LogP contribution in [0.15, 0.2) is 12.1 Å². The fourth-order valence-corrected chi connectivity index (χ4v) is 4.67. The van der Waals surface area contributed by atoms with Crippen LogP contribution in [0.25, 0.3) is 0 Å². The molecule has 0 saturated heterocycles. The summed E-state index contributed by atoms with van der Waals surface area (Å²) in [6.45, 7) is 15.6. The summed E-state index contributed by atoms with van der Waals surface area (Å²) in [5.74, 6) is 1.89. The zero-order valence-electron chi connectivity index (χ0n) is 19.2. The Kier molecular flexibility index (Phi) is 6.78. The zero-order valence-corrected chi connectivity index (χ0v) is 19.2. The van der Waals surface area contributed by atoms with E-state index in [0.29, 0.717) is 6.61 Å². The molecule has 0 fully saturated rings. The van der Waals surface area contributed by atoms with Crippen LogP contribution in [0.5, 0.6) is 0 Å². The van der Waals surface area contributed by atoms with Gasteiger partial charge in [0.1, 0.15) is 5.82 Å². The van der Waals surface area contributed by atoms with Crippen LogP contribution in [0.3, 0.4) is 0 Å². The van der Waals surface area contributed by atoms with E-state index in [0.717, 1.165) is 37.0 Å². The van der Waals surface area contributed by atoms with E-state index in [4.69, 9.17) is 14.7 Å². The molecule has 2 heterocycles. The second kappa shape index (κ2) is 9.12. The Morgan fingerprint density at radius 3 is 2.41 bits per heavy atom. The average Bonchev–Trinajstić information content (AvgIpc) is 2.87. The van der Waals surface area contributed by atoms with Gasteiger partial charge < -0.3 is 14.5 Å². The molecule has 0 saturated carbocycles. The minimum absolute atomic E-state index is 0.289. The fourth-order valence-electron chi connectivity index (χ4n) is 4.67. The molecule has 29 heavy (non-hydrogen) atoms. The molecule has 1 aromatic carbocycles. The normalized spacial score (nSPS) is 15.1. The van der Waals surface area contributed by atoms with Gasteiger partial charge in [0.05, 0.1) is 12.6 Å². The number of hydrogen-bond acceptors (Lipinski definition) is 5. The molecule has 5 nitrogen and oxygen atoms in total. The second-order valence-electron chi connectivity index (χ2n) is 8.36. The van der Waals surface area contributed by atoms with Crippen molar-refractivity contribution in [3.8, 4) is 0 Å². The lowest BCUT2D eigenvalue weighted by atomic mass is 10.0. The highest BCUT2D eigenvalue weighted by Crippen LogP contribution is 2.34. The number of nitrogens with zero attached hydrogens (tertiary/aromatic N) is 4. The van der Waals surface area contributed by atoms with E-state index in [9.17, 15) is 0 Å². The van der Waals surface area contributed by atoms with Crippen LogP contribution in [0, 0.1) is 27.7 Å². The molecular formula is C24H36N4O. The van der Waals surface area contributed by atoms with E-state index in [2.05, 4.69) is 63.5 Å². The van der Waals surface area contributed by atoms with Crippen molar-refractivity contribution in [2.45, 2.75) is 66.8 Å². The molecule has 1 aliphatic rings. The van der Waals surface area contributed by atoms with Crippen LogP contribution in [0.4, 0.5) is 17.5 Å². The number of ether oxygens (including phenoxy) is 1. The van der Waals surface area contributed by atoms with Gasteiger partial charge in [-0.1, -0.05) is 17.7 Å². The lowest BCUT2D eigenvalue weighted by Crippen LogP contribution is -2.38. The van der Waals surface area contributed by atoms with E-state index in [1.54, 1.807) is 7.11 Å². The summed E-state index contributed by atoms with van der Waals surface area (Å²) < 4.78 is 5.46. The smallest absolute Gasteiger partial charge is 0.232 e. The minimum atomic E-state index is 0.289. The molecule has 1 aromatic heterocycles. The van der Waals surface area contributed by atoms with Gasteiger partial charge in [-0.3, -0.25) is 0 Å². The quantitative estimate of drug-likeness (QED) is 0.684. The lowest BCUT2D eigenvalue weighted by molar-refractivity contribution is 0.181. The fraction of sp³-hybridized carbons (Fsp3) is 0.583. The van der Waals surface area contributed by atoms with Crippen molar-refractivity contribution in [2.24, 2.45) is 0 Å². The number of anilines is 3. The number of aryl methyl sites for hydroxylation is 4. The third-order valence-corrected chi connectivity index (χ3v) is 5.93. The first-order valence-electron chi connectivity index (χ1n) is 10.9. The summed E-state index contributed by atoms with van der Waals surface area (Å²) in [5, 5.41) is 0. The molecule has 5 heteroatoms. The van der Waals surface area contributed by atoms with Gasteiger partial charge in [-0.25, -0.2) is 4.98 Å². The first-order valence-corrected chi connectivity index (χ1v) is 10.9. The lowest BCUT2D eigenvalue weighted by Gasteiger charge is -2.32. The molecule has 0 spiro atoms. The molecule has 1 atom stereocenters. The summed E-state index contributed by atoms with van der Waals surface area (Å²) >= 11 is 0. The SMILES string of the molecule is CCN(c1nc(C)c2c(n1)N(C(C)COC)CCCC2)c1c(C)cc(C)cc1C. The van der Waals surface area contributed by atoms with Crippen molar-refractivity contribution in [3.05, 3.63) is 40.1 Å². The highest BCUT2D eigenvalue weighted by molar-refractivity contribution is 5.68. The minimum Gasteiger partial charge on any atom is -0.383 e. The van der Waals surface area contributed by atoms with E-state index >= 15 is 0 Å². The van der Waals surface area contributed by atoms with E-state index < -0.39 is 0 Å². The van der Waals surface area contributed by atoms with E-state index in [1.165, 1.54) is 40.8 Å². The Morgan fingerprint density at radius 2 is 1.79 bits per heavy atom. The van der Waals surface area contributed by atoms with Crippen LogP contribution in [0.1, 0.15) is 54.6 Å². The van der Waals surface area contributed by atoms with Gasteiger partial charge in [0.15, 0.2) is 0 Å². The first kappa shape index (κ1) is 21.6. The second-order valence-corrected chi connectivity index (χ2v) is 8.36. The molecule has 0 bridgehead atoms. The molecule has 0 aliphatic carbocycles. The van der Waals surface area contributed by atoms with E-state index in [-0.39, 0.29) is 6.04 Å². The number of aromatic nitrogens is 2. The predicted molar refractivity (Wildman–Crippen MR) is 122 cm³/mol. The number of rotatable bonds is 6. The first-order chi connectivity index (χ1) is 13.9. The zero-order chi connectivity index (χ0) is 21.1.